The molecule has 1 unspecified atom stereocenters. The fourth-order valence-corrected chi connectivity index (χ4v) is 2.85. The number of pyridine rings is 1. The molecule has 0 saturated carbocycles. The van der Waals surface area contributed by atoms with Gasteiger partial charge >= 0.3 is 0 Å². The van der Waals surface area contributed by atoms with Crippen molar-refractivity contribution >= 4 is 11.5 Å². The van der Waals surface area contributed by atoms with E-state index in [0.29, 0.717) is 12.2 Å². The van der Waals surface area contributed by atoms with Crippen LogP contribution in [0.4, 0.5) is 5.82 Å². The van der Waals surface area contributed by atoms with E-state index >= 15 is 0 Å². The molecule has 3 aromatic heterocycles. The predicted molar refractivity (Wildman–Crippen MR) is 101 cm³/mol. The molecule has 2 N–H and O–H groups in total. The summed E-state index contributed by atoms with van der Waals surface area (Å²) >= 11 is 0. The molecular formula is C20H19N5O. The summed E-state index contributed by atoms with van der Waals surface area (Å²) in [6, 6.07) is 19.4. The van der Waals surface area contributed by atoms with E-state index in [0.717, 1.165) is 28.4 Å². The number of aromatic nitrogens is 4. The minimum Gasteiger partial charge on any atom is -0.385 e. The molecule has 0 bridgehead atoms. The van der Waals surface area contributed by atoms with Gasteiger partial charge in [-0.2, -0.15) is 9.61 Å². The minimum absolute atomic E-state index is 0.323. The third-order valence-electron chi connectivity index (χ3n) is 4.12. The van der Waals surface area contributed by atoms with E-state index in [1.54, 1.807) is 10.7 Å². The number of benzene rings is 1. The zero-order valence-electron chi connectivity index (χ0n) is 14.4. The van der Waals surface area contributed by atoms with Crippen molar-refractivity contribution in [2.24, 2.45) is 0 Å². The number of nitrogens with zero attached hydrogens (tertiary/aromatic N) is 4. The predicted octanol–water partition coefficient (Wildman–Crippen LogP) is 3.25. The van der Waals surface area contributed by atoms with Gasteiger partial charge in [0, 0.05) is 30.4 Å². The molecule has 3 heterocycles. The van der Waals surface area contributed by atoms with E-state index in [1.807, 2.05) is 67.6 Å². The summed E-state index contributed by atoms with van der Waals surface area (Å²) in [5.41, 5.74) is 4.16. The van der Waals surface area contributed by atoms with Crippen LogP contribution in [0.3, 0.4) is 0 Å². The Bertz CT molecular complexity index is 1010. The Morgan fingerprint density at radius 1 is 1.08 bits per heavy atom. The summed E-state index contributed by atoms with van der Waals surface area (Å²) in [6.45, 7) is 2.26. The number of hydrogen-bond acceptors (Lipinski definition) is 5. The van der Waals surface area contributed by atoms with E-state index in [4.69, 9.17) is 4.98 Å². The Kier molecular flexibility index (Phi) is 4.33. The zero-order chi connectivity index (χ0) is 17.9. The van der Waals surface area contributed by atoms with Crippen LogP contribution in [0.15, 0.2) is 66.9 Å². The van der Waals surface area contributed by atoms with Crippen LogP contribution in [0.2, 0.25) is 0 Å². The average Bonchev–Trinajstić information content (AvgIpc) is 3.07. The first-order valence-electron chi connectivity index (χ1n) is 8.46. The van der Waals surface area contributed by atoms with Crippen molar-refractivity contribution in [2.75, 3.05) is 11.9 Å². The van der Waals surface area contributed by atoms with Crippen LogP contribution in [0, 0.1) is 6.92 Å². The Morgan fingerprint density at radius 2 is 1.88 bits per heavy atom. The number of aliphatic hydroxyl groups excluding tert-OH is 1. The Hall–Kier alpha value is -3.25. The van der Waals surface area contributed by atoms with Crippen molar-refractivity contribution in [1.29, 1.82) is 0 Å². The van der Waals surface area contributed by atoms with E-state index in [9.17, 15) is 5.11 Å². The summed E-state index contributed by atoms with van der Waals surface area (Å²) in [5.74, 6) is 0.775. The van der Waals surface area contributed by atoms with E-state index in [2.05, 4.69) is 15.4 Å². The van der Waals surface area contributed by atoms with Crippen LogP contribution < -0.4 is 5.32 Å². The molecule has 6 heteroatoms. The van der Waals surface area contributed by atoms with Crippen LogP contribution in [0.1, 0.15) is 17.5 Å². The number of aliphatic hydroxyl groups is 1. The molecule has 6 nitrogen and oxygen atoms in total. The molecule has 0 radical (unpaired) electrons. The number of nitrogens with one attached hydrogen (secondary N) is 1. The van der Waals surface area contributed by atoms with E-state index in [1.165, 1.54) is 0 Å². The highest BCUT2D eigenvalue weighted by Gasteiger charge is 2.12. The van der Waals surface area contributed by atoms with Gasteiger partial charge in [-0.05, 0) is 19.1 Å². The number of hydrogen-bond donors (Lipinski definition) is 2. The first-order valence-corrected chi connectivity index (χ1v) is 8.46. The molecule has 1 atom stereocenters. The summed E-state index contributed by atoms with van der Waals surface area (Å²) in [7, 11) is 0. The molecule has 1 aromatic carbocycles. The Labute approximate surface area is 151 Å². The molecule has 0 fully saturated rings. The van der Waals surface area contributed by atoms with Crippen LogP contribution in [-0.4, -0.2) is 31.2 Å². The van der Waals surface area contributed by atoms with Crippen molar-refractivity contribution in [2.45, 2.75) is 13.0 Å². The zero-order valence-corrected chi connectivity index (χ0v) is 14.4. The third kappa shape index (κ3) is 3.27. The van der Waals surface area contributed by atoms with Crippen molar-refractivity contribution < 1.29 is 5.11 Å². The standard InChI is InChI=1S/C20H19N5O/c1-14-11-20-23-17(15-7-3-2-4-8-15)12-19(25(20)24-14)22-13-18(26)16-9-5-6-10-21-16/h2-12,18,22,26H,13H2,1H3. The monoisotopic (exact) mass is 345 g/mol. The van der Waals surface area contributed by atoms with Gasteiger partial charge in [-0.25, -0.2) is 4.98 Å². The molecule has 0 aliphatic rings. The quantitative estimate of drug-likeness (QED) is 0.581. The maximum atomic E-state index is 10.4. The summed E-state index contributed by atoms with van der Waals surface area (Å²) in [6.07, 6.45) is 0.962. The average molecular weight is 345 g/mol. The lowest BCUT2D eigenvalue weighted by Gasteiger charge is -2.14. The highest BCUT2D eigenvalue weighted by atomic mass is 16.3. The smallest absolute Gasteiger partial charge is 0.158 e. The highest BCUT2D eigenvalue weighted by molar-refractivity contribution is 5.66. The topological polar surface area (TPSA) is 75.3 Å². The molecule has 4 aromatic rings. The van der Waals surface area contributed by atoms with Gasteiger partial charge in [0.15, 0.2) is 5.65 Å². The van der Waals surface area contributed by atoms with Gasteiger partial charge in [-0.1, -0.05) is 36.4 Å². The Morgan fingerprint density at radius 3 is 2.65 bits per heavy atom. The maximum absolute atomic E-state index is 10.4. The molecule has 0 amide bonds. The van der Waals surface area contributed by atoms with Crippen LogP contribution >= 0.6 is 0 Å². The molecule has 26 heavy (non-hydrogen) atoms. The largest absolute Gasteiger partial charge is 0.385 e. The molecule has 4 rings (SSSR count). The highest BCUT2D eigenvalue weighted by Crippen LogP contribution is 2.23. The second kappa shape index (κ2) is 6.93. The van der Waals surface area contributed by atoms with Crippen molar-refractivity contribution in [1.82, 2.24) is 19.6 Å². The molecule has 0 aliphatic heterocycles. The molecule has 0 aliphatic carbocycles. The summed E-state index contributed by atoms with van der Waals surface area (Å²) in [4.78, 5) is 8.90. The van der Waals surface area contributed by atoms with Gasteiger partial charge in [0.25, 0.3) is 0 Å². The number of anilines is 1. The number of aryl methyl sites for hydroxylation is 1. The van der Waals surface area contributed by atoms with Gasteiger partial charge in [-0.15, -0.1) is 0 Å². The van der Waals surface area contributed by atoms with Crippen LogP contribution in [0.5, 0.6) is 0 Å². The fourth-order valence-electron chi connectivity index (χ4n) is 2.85. The van der Waals surface area contributed by atoms with Crippen LogP contribution in [-0.2, 0) is 0 Å². The fraction of sp³-hybridized carbons (Fsp3) is 0.150. The molecule has 130 valence electrons. The van der Waals surface area contributed by atoms with Crippen molar-refractivity contribution in [3.8, 4) is 11.3 Å². The van der Waals surface area contributed by atoms with Gasteiger partial charge < -0.3 is 10.4 Å². The second-order valence-corrected chi connectivity index (χ2v) is 6.10. The summed E-state index contributed by atoms with van der Waals surface area (Å²) in [5, 5.41) is 18.1. The Balaban J connectivity index is 1.67. The van der Waals surface area contributed by atoms with Crippen LogP contribution in [0.25, 0.3) is 16.9 Å². The van der Waals surface area contributed by atoms with Gasteiger partial charge in [0.2, 0.25) is 0 Å². The number of rotatable bonds is 5. The normalized spacial score (nSPS) is 12.2. The van der Waals surface area contributed by atoms with Gasteiger partial charge in [-0.3, -0.25) is 4.98 Å². The van der Waals surface area contributed by atoms with E-state index in [-0.39, 0.29) is 0 Å². The van der Waals surface area contributed by atoms with Crippen molar-refractivity contribution in [3.63, 3.8) is 0 Å². The second-order valence-electron chi connectivity index (χ2n) is 6.10. The lowest BCUT2D eigenvalue weighted by Crippen LogP contribution is -2.15. The molecule has 0 saturated heterocycles. The summed E-state index contributed by atoms with van der Waals surface area (Å²) < 4.78 is 1.76. The first kappa shape index (κ1) is 16.2. The SMILES string of the molecule is Cc1cc2nc(-c3ccccc3)cc(NCC(O)c3ccccn3)n2n1. The maximum Gasteiger partial charge on any atom is 0.158 e. The minimum atomic E-state index is -0.712. The lowest BCUT2D eigenvalue weighted by molar-refractivity contribution is 0.186. The molecule has 0 spiro atoms. The van der Waals surface area contributed by atoms with Gasteiger partial charge in [0.1, 0.15) is 11.9 Å². The van der Waals surface area contributed by atoms with Crippen molar-refractivity contribution in [3.05, 3.63) is 78.2 Å². The third-order valence-corrected chi connectivity index (χ3v) is 4.12. The lowest BCUT2D eigenvalue weighted by atomic mass is 10.1. The number of fused-ring (bicyclic) bond motifs is 1. The first-order chi connectivity index (χ1) is 12.7. The van der Waals surface area contributed by atoms with E-state index < -0.39 is 6.10 Å². The van der Waals surface area contributed by atoms with Gasteiger partial charge in [0.05, 0.1) is 17.1 Å². The molecular weight excluding hydrogens is 326 g/mol.